The lowest BCUT2D eigenvalue weighted by atomic mass is 10.2. The van der Waals surface area contributed by atoms with Crippen LogP contribution in [0.3, 0.4) is 0 Å². The monoisotopic (exact) mass is 239 g/mol. The molecule has 1 aliphatic carbocycles. The third kappa shape index (κ3) is 3.17. The molecule has 1 saturated carbocycles. The smallest absolute Gasteiger partial charge is 0.165 e. The first-order valence-electron chi connectivity index (χ1n) is 5.92. The molecule has 1 N–H and O–H groups in total. The Balaban J connectivity index is 2.03. The summed E-state index contributed by atoms with van der Waals surface area (Å²) in [7, 11) is 1.46. The van der Waals surface area contributed by atoms with Crippen molar-refractivity contribution in [2.75, 3.05) is 20.3 Å². The van der Waals surface area contributed by atoms with Gasteiger partial charge in [-0.05, 0) is 30.5 Å². The molecule has 0 amide bonds. The molecule has 0 heterocycles. The highest BCUT2D eigenvalue weighted by Gasteiger charge is 2.28. The summed E-state index contributed by atoms with van der Waals surface area (Å²) in [5.41, 5.74) is 0.920. The normalized spacial score (nSPS) is 15.3. The fraction of sp³-hybridized carbons (Fsp3) is 0.538. The minimum Gasteiger partial charge on any atom is -0.494 e. The molecular weight excluding hydrogens is 221 g/mol. The summed E-state index contributed by atoms with van der Waals surface area (Å²) >= 11 is 0. The number of nitrogens with zero attached hydrogens (tertiary/aromatic N) is 1. The van der Waals surface area contributed by atoms with Gasteiger partial charge >= 0.3 is 0 Å². The fourth-order valence-corrected chi connectivity index (χ4v) is 2.00. The molecule has 0 spiro atoms. The number of methoxy groups -OCH3 is 1. The van der Waals surface area contributed by atoms with E-state index < -0.39 is 0 Å². The van der Waals surface area contributed by atoms with Crippen molar-refractivity contribution in [2.24, 2.45) is 0 Å². The van der Waals surface area contributed by atoms with Crippen molar-refractivity contribution in [2.45, 2.75) is 25.4 Å². The second-order valence-electron chi connectivity index (χ2n) is 4.39. The summed E-state index contributed by atoms with van der Waals surface area (Å²) in [4.78, 5) is 2.20. The van der Waals surface area contributed by atoms with E-state index in [4.69, 9.17) is 9.84 Å². The third-order valence-corrected chi connectivity index (χ3v) is 3.05. The predicted molar refractivity (Wildman–Crippen MR) is 63.5 cm³/mol. The average Bonchev–Trinajstić information content (AvgIpc) is 3.12. The molecule has 0 unspecified atom stereocenters. The zero-order valence-electron chi connectivity index (χ0n) is 10.0. The quantitative estimate of drug-likeness (QED) is 0.821. The number of benzene rings is 1. The van der Waals surface area contributed by atoms with E-state index in [0.717, 1.165) is 5.56 Å². The van der Waals surface area contributed by atoms with Gasteiger partial charge in [-0.2, -0.15) is 0 Å². The van der Waals surface area contributed by atoms with Gasteiger partial charge in [-0.25, -0.2) is 4.39 Å². The maximum absolute atomic E-state index is 13.5. The Hall–Kier alpha value is -1.13. The first kappa shape index (κ1) is 12.3. The van der Waals surface area contributed by atoms with Crippen LogP contribution in [0, 0.1) is 5.82 Å². The van der Waals surface area contributed by atoms with Gasteiger partial charge in [-0.15, -0.1) is 0 Å². The highest BCUT2D eigenvalue weighted by atomic mass is 19.1. The molecule has 94 valence electrons. The standard InChI is InChI=1S/C13H18FNO2/c1-17-13-5-2-10(8-12(13)14)9-15(6-7-16)11-3-4-11/h2,5,8,11,16H,3-4,6-7,9H2,1H3. The number of hydrogen-bond donors (Lipinski definition) is 1. The molecule has 17 heavy (non-hydrogen) atoms. The molecule has 1 aliphatic rings. The lowest BCUT2D eigenvalue weighted by Gasteiger charge is -2.21. The number of ether oxygens (including phenoxy) is 1. The van der Waals surface area contributed by atoms with Gasteiger partial charge in [0, 0.05) is 19.1 Å². The van der Waals surface area contributed by atoms with Crippen LogP contribution in [0.25, 0.3) is 0 Å². The zero-order valence-corrected chi connectivity index (χ0v) is 10.0. The van der Waals surface area contributed by atoms with E-state index in [1.54, 1.807) is 6.07 Å². The van der Waals surface area contributed by atoms with E-state index in [1.165, 1.54) is 26.0 Å². The van der Waals surface area contributed by atoms with Gasteiger partial charge in [0.1, 0.15) is 0 Å². The van der Waals surface area contributed by atoms with Crippen LogP contribution in [-0.2, 0) is 6.54 Å². The fourth-order valence-electron chi connectivity index (χ4n) is 2.00. The van der Waals surface area contributed by atoms with Crippen LogP contribution >= 0.6 is 0 Å². The van der Waals surface area contributed by atoms with Crippen molar-refractivity contribution < 1.29 is 14.2 Å². The Morgan fingerprint density at radius 2 is 2.24 bits per heavy atom. The summed E-state index contributed by atoms with van der Waals surface area (Å²) in [5.74, 6) is -0.0568. The van der Waals surface area contributed by atoms with Gasteiger partial charge in [-0.1, -0.05) is 6.07 Å². The lowest BCUT2D eigenvalue weighted by molar-refractivity contribution is 0.183. The van der Waals surface area contributed by atoms with Crippen molar-refractivity contribution in [1.29, 1.82) is 0 Å². The molecule has 1 aromatic carbocycles. The number of rotatable bonds is 6. The van der Waals surface area contributed by atoms with Crippen molar-refractivity contribution in [1.82, 2.24) is 4.90 Å². The maximum Gasteiger partial charge on any atom is 0.165 e. The topological polar surface area (TPSA) is 32.7 Å². The number of hydrogen-bond acceptors (Lipinski definition) is 3. The van der Waals surface area contributed by atoms with Crippen molar-refractivity contribution in [3.63, 3.8) is 0 Å². The van der Waals surface area contributed by atoms with Crippen LogP contribution in [0.1, 0.15) is 18.4 Å². The molecule has 0 aliphatic heterocycles. The Morgan fingerprint density at radius 1 is 1.47 bits per heavy atom. The van der Waals surface area contributed by atoms with E-state index in [1.807, 2.05) is 6.07 Å². The first-order valence-corrected chi connectivity index (χ1v) is 5.92. The Bertz CT molecular complexity index is 380. The second kappa shape index (κ2) is 5.47. The second-order valence-corrected chi connectivity index (χ2v) is 4.39. The SMILES string of the molecule is COc1ccc(CN(CCO)C2CC2)cc1F. The van der Waals surface area contributed by atoms with Gasteiger partial charge < -0.3 is 9.84 Å². The molecule has 1 fully saturated rings. The highest BCUT2D eigenvalue weighted by molar-refractivity contribution is 5.29. The molecule has 0 aromatic heterocycles. The van der Waals surface area contributed by atoms with E-state index >= 15 is 0 Å². The molecule has 0 saturated heterocycles. The molecule has 0 bridgehead atoms. The van der Waals surface area contributed by atoms with Gasteiger partial charge in [0.2, 0.25) is 0 Å². The minimum absolute atomic E-state index is 0.148. The van der Waals surface area contributed by atoms with Gasteiger partial charge in [-0.3, -0.25) is 4.90 Å². The highest BCUT2D eigenvalue weighted by Crippen LogP contribution is 2.28. The molecule has 2 rings (SSSR count). The lowest BCUT2D eigenvalue weighted by Crippen LogP contribution is -2.28. The molecule has 1 aromatic rings. The largest absolute Gasteiger partial charge is 0.494 e. The van der Waals surface area contributed by atoms with Crippen LogP contribution in [0.2, 0.25) is 0 Å². The summed E-state index contributed by atoms with van der Waals surface area (Å²) in [6.07, 6.45) is 2.36. The summed E-state index contributed by atoms with van der Waals surface area (Å²) in [6, 6.07) is 5.59. The Morgan fingerprint density at radius 3 is 2.76 bits per heavy atom. The molecule has 3 nitrogen and oxygen atoms in total. The summed E-state index contributed by atoms with van der Waals surface area (Å²) in [6.45, 7) is 1.49. The van der Waals surface area contributed by atoms with Crippen LogP contribution in [0.5, 0.6) is 5.75 Å². The maximum atomic E-state index is 13.5. The zero-order chi connectivity index (χ0) is 12.3. The van der Waals surface area contributed by atoms with Crippen LogP contribution in [-0.4, -0.2) is 36.3 Å². The Kier molecular flexibility index (Phi) is 3.97. The number of aliphatic hydroxyl groups excluding tert-OH is 1. The summed E-state index contributed by atoms with van der Waals surface area (Å²) < 4.78 is 18.4. The van der Waals surface area contributed by atoms with E-state index in [9.17, 15) is 4.39 Å². The molecule has 0 atom stereocenters. The van der Waals surface area contributed by atoms with Crippen LogP contribution in [0.15, 0.2) is 18.2 Å². The average molecular weight is 239 g/mol. The van der Waals surface area contributed by atoms with Gasteiger partial charge in [0.25, 0.3) is 0 Å². The Labute approximate surface area is 101 Å². The number of halogens is 1. The predicted octanol–water partition coefficient (Wildman–Crippen LogP) is 1.79. The van der Waals surface area contributed by atoms with Crippen molar-refractivity contribution in [3.05, 3.63) is 29.6 Å². The number of aliphatic hydroxyl groups is 1. The minimum atomic E-state index is -0.329. The van der Waals surface area contributed by atoms with Gasteiger partial charge in [0.15, 0.2) is 11.6 Å². The van der Waals surface area contributed by atoms with Crippen LogP contribution < -0.4 is 4.74 Å². The van der Waals surface area contributed by atoms with E-state index in [2.05, 4.69) is 4.90 Å². The van der Waals surface area contributed by atoms with Crippen molar-refractivity contribution in [3.8, 4) is 5.75 Å². The van der Waals surface area contributed by atoms with E-state index in [0.29, 0.717) is 19.1 Å². The van der Waals surface area contributed by atoms with Gasteiger partial charge in [0.05, 0.1) is 13.7 Å². The molecular formula is C13H18FNO2. The third-order valence-electron chi connectivity index (χ3n) is 3.05. The summed E-state index contributed by atoms with van der Waals surface area (Å²) in [5, 5.41) is 8.99. The first-order chi connectivity index (χ1) is 8.24. The van der Waals surface area contributed by atoms with Crippen molar-refractivity contribution >= 4 is 0 Å². The van der Waals surface area contributed by atoms with Crippen LogP contribution in [0.4, 0.5) is 4.39 Å². The molecule has 4 heteroatoms. The molecule has 0 radical (unpaired) electrons. The van der Waals surface area contributed by atoms with E-state index in [-0.39, 0.29) is 18.2 Å².